The number of anilines is 1. The molecule has 2 heterocycles. The van der Waals surface area contributed by atoms with E-state index in [1.807, 2.05) is 48.7 Å². The summed E-state index contributed by atoms with van der Waals surface area (Å²) in [6.45, 7) is 9.49. The average molecular weight is 519 g/mol. The van der Waals surface area contributed by atoms with Crippen LogP contribution in [0.25, 0.3) is 33.4 Å². The number of carbonyl (C=O) groups excluding carboxylic acids is 1. The van der Waals surface area contributed by atoms with Crippen molar-refractivity contribution in [3.63, 3.8) is 0 Å². The van der Waals surface area contributed by atoms with Gasteiger partial charge in [0.05, 0.1) is 14.2 Å². The highest BCUT2D eigenvalue weighted by Gasteiger charge is 2.17. The molecule has 4 aromatic rings. The molecule has 1 N–H and O–H groups in total. The zero-order chi connectivity index (χ0) is 26.6. The lowest BCUT2D eigenvalue weighted by molar-refractivity contribution is -0.114. The van der Waals surface area contributed by atoms with Gasteiger partial charge in [-0.15, -0.1) is 0 Å². The molecule has 9 heteroatoms. The zero-order valence-electron chi connectivity index (χ0n) is 22.3. The van der Waals surface area contributed by atoms with Crippen LogP contribution >= 0.6 is 0 Å². The number of hydrogen-bond acceptors (Lipinski definition) is 6. The summed E-state index contributed by atoms with van der Waals surface area (Å²) in [5.74, 6) is 1.19. The van der Waals surface area contributed by atoms with Gasteiger partial charge >= 0.3 is 0 Å². The van der Waals surface area contributed by atoms with Crippen molar-refractivity contribution in [2.24, 2.45) is 0 Å². The second-order valence-electron chi connectivity index (χ2n) is 10.1. The zero-order valence-corrected chi connectivity index (χ0v) is 23.3. The Bertz CT molecular complexity index is 1410. The fraction of sp³-hybridized carbons (Fsp3) is 0.321. The highest BCUT2D eigenvalue weighted by atomic mass is 28.3. The van der Waals surface area contributed by atoms with Gasteiger partial charge in [-0.05, 0) is 41.9 Å². The summed E-state index contributed by atoms with van der Waals surface area (Å²) in [6, 6.07) is 16.6. The molecule has 0 aliphatic rings. The lowest BCUT2D eigenvalue weighted by atomic mass is 10.0. The van der Waals surface area contributed by atoms with E-state index >= 15 is 0 Å². The van der Waals surface area contributed by atoms with Crippen LogP contribution in [0.3, 0.4) is 0 Å². The number of nitrogens with one attached hydrogen (secondary N) is 1. The minimum atomic E-state index is -1.20. The number of hydrogen-bond donors (Lipinski definition) is 1. The average Bonchev–Trinajstić information content (AvgIpc) is 3.23. The summed E-state index contributed by atoms with van der Waals surface area (Å²) in [5.41, 5.74) is 4.96. The first kappa shape index (κ1) is 26.4. The molecule has 37 heavy (non-hydrogen) atoms. The molecule has 2 aromatic carbocycles. The monoisotopic (exact) mass is 518 g/mol. The molecule has 8 nitrogen and oxygen atoms in total. The van der Waals surface area contributed by atoms with Gasteiger partial charge in [0.1, 0.15) is 12.4 Å². The van der Waals surface area contributed by atoms with E-state index in [1.165, 1.54) is 6.92 Å². The van der Waals surface area contributed by atoms with Gasteiger partial charge in [0, 0.05) is 50.0 Å². The first-order valence-electron chi connectivity index (χ1n) is 12.2. The Balaban J connectivity index is 1.77. The van der Waals surface area contributed by atoms with E-state index in [9.17, 15) is 4.79 Å². The number of methoxy groups -OCH3 is 2. The summed E-state index contributed by atoms with van der Waals surface area (Å²) >= 11 is 0. The van der Waals surface area contributed by atoms with Gasteiger partial charge in [-0.25, -0.2) is 9.67 Å². The van der Waals surface area contributed by atoms with E-state index in [0.29, 0.717) is 30.5 Å². The van der Waals surface area contributed by atoms with Gasteiger partial charge < -0.3 is 19.5 Å². The molecular formula is C28H34N4O4Si. The molecule has 0 unspecified atom stereocenters. The molecule has 0 aliphatic carbocycles. The van der Waals surface area contributed by atoms with Crippen molar-refractivity contribution in [2.75, 3.05) is 26.1 Å². The van der Waals surface area contributed by atoms with Crippen molar-refractivity contribution >= 4 is 30.7 Å². The molecule has 0 saturated heterocycles. The summed E-state index contributed by atoms with van der Waals surface area (Å²) in [7, 11) is 2.04. The number of fused-ring (bicyclic) bond motifs is 1. The van der Waals surface area contributed by atoms with Crippen LogP contribution in [0.4, 0.5) is 5.69 Å². The molecule has 0 radical (unpaired) electrons. The van der Waals surface area contributed by atoms with E-state index in [-0.39, 0.29) is 5.91 Å². The fourth-order valence-corrected chi connectivity index (χ4v) is 4.77. The van der Waals surface area contributed by atoms with Crippen LogP contribution in [-0.4, -0.2) is 49.6 Å². The van der Waals surface area contributed by atoms with Gasteiger partial charge in [-0.3, -0.25) is 4.79 Å². The van der Waals surface area contributed by atoms with E-state index in [1.54, 1.807) is 18.9 Å². The minimum Gasteiger partial charge on any atom is -0.493 e. The second kappa shape index (κ2) is 11.1. The molecule has 2 aromatic heterocycles. The van der Waals surface area contributed by atoms with Crippen molar-refractivity contribution in [1.82, 2.24) is 14.8 Å². The van der Waals surface area contributed by atoms with Gasteiger partial charge in [-0.1, -0.05) is 37.8 Å². The van der Waals surface area contributed by atoms with Crippen LogP contribution in [0, 0.1) is 0 Å². The van der Waals surface area contributed by atoms with E-state index in [2.05, 4.69) is 31.0 Å². The Labute approximate surface area is 218 Å². The number of carbonyl (C=O) groups is 1. The lowest BCUT2D eigenvalue weighted by Crippen LogP contribution is -2.22. The largest absolute Gasteiger partial charge is 0.493 e. The maximum atomic E-state index is 11.6. The number of nitrogens with zero attached hydrogens (tertiary/aromatic N) is 3. The van der Waals surface area contributed by atoms with Gasteiger partial charge in [0.15, 0.2) is 17.1 Å². The molecule has 194 valence electrons. The van der Waals surface area contributed by atoms with E-state index in [0.717, 1.165) is 39.5 Å². The summed E-state index contributed by atoms with van der Waals surface area (Å²) < 4.78 is 18.7. The first-order chi connectivity index (χ1) is 17.7. The van der Waals surface area contributed by atoms with Crippen LogP contribution in [0.5, 0.6) is 11.5 Å². The smallest absolute Gasteiger partial charge is 0.221 e. The summed E-state index contributed by atoms with van der Waals surface area (Å²) in [4.78, 5) is 16.4. The van der Waals surface area contributed by atoms with Crippen LogP contribution in [0.2, 0.25) is 25.7 Å². The number of rotatable bonds is 10. The standard InChI is InChI=1S/C28H34N4O4Si/c1-19(33)30-23-9-7-8-21(14-23)27-24-15-22(20-10-11-25(34-2)26(16-20)35-3)17-29-28(24)32(31-27)18-36-12-13-37(4,5)6/h7-11,14-17H,12-13,18H2,1-6H3,(H,30,33). The highest BCUT2D eigenvalue weighted by molar-refractivity contribution is 6.76. The van der Waals surface area contributed by atoms with Crippen LogP contribution in [0.1, 0.15) is 6.92 Å². The third-order valence-electron chi connectivity index (χ3n) is 5.97. The van der Waals surface area contributed by atoms with Gasteiger partial charge in [0.2, 0.25) is 5.91 Å². The predicted molar refractivity (Wildman–Crippen MR) is 150 cm³/mol. The van der Waals surface area contributed by atoms with Crippen molar-refractivity contribution < 1.29 is 19.0 Å². The van der Waals surface area contributed by atoms with E-state index in [4.69, 9.17) is 24.3 Å². The Morgan fingerprint density at radius 3 is 2.46 bits per heavy atom. The molecule has 0 saturated carbocycles. The molecule has 1 amide bonds. The third kappa shape index (κ3) is 6.36. The van der Waals surface area contributed by atoms with Crippen LogP contribution < -0.4 is 14.8 Å². The van der Waals surface area contributed by atoms with Crippen LogP contribution in [-0.2, 0) is 16.3 Å². The summed E-state index contributed by atoms with van der Waals surface area (Å²) in [6.07, 6.45) is 1.83. The maximum absolute atomic E-state index is 11.6. The fourth-order valence-electron chi connectivity index (χ4n) is 4.01. The predicted octanol–water partition coefficient (Wildman–Crippen LogP) is 6.05. The van der Waals surface area contributed by atoms with Crippen molar-refractivity contribution in [1.29, 1.82) is 0 Å². The Morgan fingerprint density at radius 1 is 0.973 bits per heavy atom. The molecule has 0 bridgehead atoms. The van der Waals surface area contributed by atoms with E-state index < -0.39 is 8.07 Å². The van der Waals surface area contributed by atoms with Gasteiger partial charge in [0.25, 0.3) is 0 Å². The number of benzene rings is 2. The number of amides is 1. The maximum Gasteiger partial charge on any atom is 0.221 e. The number of ether oxygens (including phenoxy) is 3. The minimum absolute atomic E-state index is 0.124. The molecule has 0 atom stereocenters. The Kier molecular flexibility index (Phi) is 7.94. The van der Waals surface area contributed by atoms with Crippen LogP contribution in [0.15, 0.2) is 54.7 Å². The Morgan fingerprint density at radius 2 is 1.76 bits per heavy atom. The molecule has 0 spiro atoms. The highest BCUT2D eigenvalue weighted by Crippen LogP contribution is 2.35. The molecular weight excluding hydrogens is 484 g/mol. The number of aromatic nitrogens is 3. The van der Waals surface area contributed by atoms with Crippen molar-refractivity contribution in [3.8, 4) is 33.9 Å². The Hall–Kier alpha value is -3.69. The van der Waals surface area contributed by atoms with Crippen molar-refractivity contribution in [3.05, 3.63) is 54.7 Å². The topological polar surface area (TPSA) is 87.5 Å². The van der Waals surface area contributed by atoms with Crippen molar-refractivity contribution in [2.45, 2.75) is 39.3 Å². The molecule has 0 aliphatic heterocycles. The quantitative estimate of drug-likeness (QED) is 0.203. The second-order valence-corrected chi connectivity index (χ2v) is 15.7. The van der Waals surface area contributed by atoms with Gasteiger partial charge in [-0.2, -0.15) is 5.10 Å². The normalized spacial score (nSPS) is 11.5. The molecule has 4 rings (SSSR count). The third-order valence-corrected chi connectivity index (χ3v) is 7.67. The lowest BCUT2D eigenvalue weighted by Gasteiger charge is -2.15. The SMILES string of the molecule is COc1ccc(-c2cnc3c(c2)c(-c2cccc(NC(C)=O)c2)nn3COCC[Si](C)(C)C)cc1OC. The first-order valence-corrected chi connectivity index (χ1v) is 15.9. The molecule has 0 fully saturated rings. The summed E-state index contributed by atoms with van der Waals surface area (Å²) in [5, 5.41) is 8.63. The number of pyridine rings is 1.